The van der Waals surface area contributed by atoms with Gasteiger partial charge in [0.15, 0.2) is 0 Å². The summed E-state index contributed by atoms with van der Waals surface area (Å²) < 4.78 is 46.6. The maximum atomic E-state index is 12.4. The van der Waals surface area contributed by atoms with E-state index in [9.17, 15) is 27.6 Å². The molecule has 1 aromatic carbocycles. The van der Waals surface area contributed by atoms with Gasteiger partial charge >= 0.3 is 18.1 Å². The predicted molar refractivity (Wildman–Crippen MR) is 114 cm³/mol. The number of hydrogen-bond acceptors (Lipinski definition) is 8. The van der Waals surface area contributed by atoms with Crippen LogP contribution in [0.2, 0.25) is 0 Å². The lowest BCUT2D eigenvalue weighted by Gasteiger charge is -2.24. The van der Waals surface area contributed by atoms with E-state index >= 15 is 0 Å². The van der Waals surface area contributed by atoms with Crippen molar-refractivity contribution in [1.29, 1.82) is 0 Å². The molecule has 1 aliphatic heterocycles. The van der Waals surface area contributed by atoms with Gasteiger partial charge in [-0.2, -0.15) is 13.2 Å². The van der Waals surface area contributed by atoms with Crippen molar-refractivity contribution in [3.63, 3.8) is 0 Å². The first kappa shape index (κ1) is 27.3. The molecule has 1 aliphatic rings. The summed E-state index contributed by atoms with van der Waals surface area (Å²) in [6.07, 6.45) is -0.104. The number of hydrogen-bond donors (Lipinski definition) is 3. The molecular formula is C22H28F3N3O6. The maximum absolute atomic E-state index is 12.4. The second-order valence-electron chi connectivity index (χ2n) is 7.91. The van der Waals surface area contributed by atoms with E-state index in [0.29, 0.717) is 26.1 Å². The zero-order chi connectivity index (χ0) is 25.2. The number of aryl methyl sites for hydroxylation is 1. The van der Waals surface area contributed by atoms with Gasteiger partial charge in [0.05, 0.1) is 18.7 Å². The average molecular weight is 487 g/mol. The summed E-state index contributed by atoms with van der Waals surface area (Å²) in [6, 6.07) is 8.51. The van der Waals surface area contributed by atoms with Crippen molar-refractivity contribution >= 4 is 17.8 Å². The first-order valence-electron chi connectivity index (χ1n) is 10.6. The molecule has 0 radical (unpaired) electrons. The van der Waals surface area contributed by atoms with E-state index in [1.165, 1.54) is 12.2 Å². The van der Waals surface area contributed by atoms with E-state index in [2.05, 4.69) is 15.5 Å². The number of hydroxylamine groups is 1. The Morgan fingerprint density at radius 2 is 1.94 bits per heavy atom. The van der Waals surface area contributed by atoms with Crippen molar-refractivity contribution in [2.45, 2.75) is 56.6 Å². The van der Waals surface area contributed by atoms with Crippen LogP contribution in [0.1, 0.15) is 31.7 Å². The molecular weight excluding hydrogens is 459 g/mol. The van der Waals surface area contributed by atoms with Gasteiger partial charge in [-0.05, 0) is 31.2 Å². The van der Waals surface area contributed by atoms with Crippen LogP contribution in [-0.4, -0.2) is 55.0 Å². The number of benzene rings is 1. The zero-order valence-corrected chi connectivity index (χ0v) is 18.6. The van der Waals surface area contributed by atoms with Gasteiger partial charge in [-0.25, -0.2) is 9.59 Å². The fraction of sp³-hybridized carbons (Fsp3) is 0.500. The topological polar surface area (TPSA) is 129 Å². The molecule has 9 nitrogen and oxygen atoms in total. The number of nitrogens with two attached hydrogens (primary N) is 1. The second-order valence-corrected chi connectivity index (χ2v) is 7.91. The number of ether oxygens (including phenoxy) is 2. The molecule has 0 aromatic heterocycles. The Hall–Kier alpha value is -2.96. The quantitative estimate of drug-likeness (QED) is 0.197. The maximum Gasteiger partial charge on any atom is 0.491 e. The highest BCUT2D eigenvalue weighted by molar-refractivity contribution is 5.87. The minimum Gasteiger partial charge on any atom is -0.426 e. The number of alkyl halides is 3. The summed E-state index contributed by atoms with van der Waals surface area (Å²) in [4.78, 5) is 40.2. The van der Waals surface area contributed by atoms with Crippen LogP contribution in [0.15, 0.2) is 42.5 Å². The van der Waals surface area contributed by atoms with Crippen LogP contribution in [0.5, 0.6) is 0 Å². The predicted octanol–water partition coefficient (Wildman–Crippen LogP) is 1.67. The Morgan fingerprint density at radius 1 is 1.24 bits per heavy atom. The molecule has 1 aromatic rings. The zero-order valence-electron chi connectivity index (χ0n) is 18.6. The molecule has 1 amide bonds. The second kappa shape index (κ2) is 12.5. The summed E-state index contributed by atoms with van der Waals surface area (Å²) in [5.41, 5.74) is 6.04. The number of rotatable bonds is 10. The minimum absolute atomic E-state index is 0.110. The molecule has 1 saturated heterocycles. The van der Waals surface area contributed by atoms with Crippen LogP contribution < -0.4 is 16.5 Å². The molecule has 34 heavy (non-hydrogen) atoms. The number of carbonyl (C=O) groups is 3. The van der Waals surface area contributed by atoms with E-state index in [4.69, 9.17) is 15.3 Å². The summed E-state index contributed by atoms with van der Waals surface area (Å²) in [5, 5.41) is 2.80. The molecule has 12 heteroatoms. The first-order chi connectivity index (χ1) is 16.0. The van der Waals surface area contributed by atoms with Crippen LogP contribution in [0.3, 0.4) is 0 Å². The Morgan fingerprint density at radius 3 is 2.56 bits per heavy atom. The summed E-state index contributed by atoms with van der Waals surface area (Å²) in [5.74, 6) is -4.46. The van der Waals surface area contributed by atoms with Gasteiger partial charge in [-0.1, -0.05) is 36.4 Å². The van der Waals surface area contributed by atoms with Crippen LogP contribution in [0.4, 0.5) is 13.2 Å². The van der Waals surface area contributed by atoms with E-state index in [1.54, 1.807) is 0 Å². The van der Waals surface area contributed by atoms with Crippen LogP contribution >= 0.6 is 0 Å². The molecule has 0 aliphatic carbocycles. The fourth-order valence-corrected chi connectivity index (χ4v) is 2.99. The third-order valence-electron chi connectivity index (χ3n) is 4.82. The van der Waals surface area contributed by atoms with Gasteiger partial charge in [0.1, 0.15) is 0 Å². The van der Waals surface area contributed by atoms with Crippen molar-refractivity contribution < 1.29 is 41.9 Å². The molecule has 0 bridgehead atoms. The highest BCUT2D eigenvalue weighted by Gasteiger charge is 2.47. The van der Waals surface area contributed by atoms with E-state index < -0.39 is 29.9 Å². The largest absolute Gasteiger partial charge is 0.491 e. The monoisotopic (exact) mass is 487 g/mol. The molecule has 3 atom stereocenters. The van der Waals surface area contributed by atoms with E-state index in [0.717, 1.165) is 25.3 Å². The van der Waals surface area contributed by atoms with Crippen molar-refractivity contribution in [3.8, 4) is 0 Å². The smallest absolute Gasteiger partial charge is 0.426 e. The Kier molecular flexibility index (Phi) is 10.0. The number of halogens is 3. The summed E-state index contributed by atoms with van der Waals surface area (Å²) >= 11 is 0. The van der Waals surface area contributed by atoms with Gasteiger partial charge < -0.3 is 19.6 Å². The van der Waals surface area contributed by atoms with Gasteiger partial charge in [-0.3, -0.25) is 10.5 Å². The number of amides is 1. The van der Waals surface area contributed by atoms with Gasteiger partial charge in [-0.15, -0.1) is 5.48 Å². The third-order valence-corrected chi connectivity index (χ3v) is 4.82. The normalized spacial score (nSPS) is 19.1. The molecule has 1 heterocycles. The lowest BCUT2D eigenvalue weighted by atomic mass is 10.1. The standard InChI is InChI=1S/C22H28F3N3O6/c1-21(26,33-20(31)22(23,24)25)19(30)34-28-16(10-9-15-6-3-2-4-7-15)11-12-18(29)27-17-8-5-13-32-14-17/h2-4,6-7,11-12,16-17,28H,5,8-10,13-14,26H2,1H3,(H,27,29)/b12-11+/t16-,17-,21-/m0/s1. The Balaban J connectivity index is 1.98. The van der Waals surface area contributed by atoms with Crippen molar-refractivity contribution in [3.05, 3.63) is 48.0 Å². The van der Waals surface area contributed by atoms with Gasteiger partial charge in [0.25, 0.3) is 5.72 Å². The number of carbonyl (C=O) groups excluding carboxylic acids is 3. The van der Waals surface area contributed by atoms with Crippen molar-refractivity contribution in [2.24, 2.45) is 5.73 Å². The highest BCUT2D eigenvalue weighted by Crippen LogP contribution is 2.20. The lowest BCUT2D eigenvalue weighted by Crippen LogP contribution is -2.53. The third kappa shape index (κ3) is 9.49. The molecule has 0 spiro atoms. The highest BCUT2D eigenvalue weighted by atomic mass is 19.4. The molecule has 2 rings (SSSR count). The number of esters is 1. The average Bonchev–Trinajstić information content (AvgIpc) is 2.78. The lowest BCUT2D eigenvalue weighted by molar-refractivity contribution is -0.219. The summed E-state index contributed by atoms with van der Waals surface area (Å²) in [7, 11) is 0. The van der Waals surface area contributed by atoms with E-state index in [1.807, 2.05) is 30.3 Å². The van der Waals surface area contributed by atoms with Crippen LogP contribution in [0, 0.1) is 0 Å². The van der Waals surface area contributed by atoms with Gasteiger partial charge in [0, 0.05) is 19.6 Å². The van der Waals surface area contributed by atoms with Crippen LogP contribution in [0.25, 0.3) is 0 Å². The molecule has 4 N–H and O–H groups in total. The fourth-order valence-electron chi connectivity index (χ4n) is 2.99. The van der Waals surface area contributed by atoms with Gasteiger partial charge in [0.2, 0.25) is 5.91 Å². The molecule has 1 fully saturated rings. The minimum atomic E-state index is -5.33. The first-order valence-corrected chi connectivity index (χ1v) is 10.6. The number of nitrogens with one attached hydrogen (secondary N) is 2. The van der Waals surface area contributed by atoms with Crippen molar-refractivity contribution in [1.82, 2.24) is 10.8 Å². The summed E-state index contributed by atoms with van der Waals surface area (Å²) in [6.45, 7) is 1.82. The van der Waals surface area contributed by atoms with E-state index in [-0.39, 0.29) is 11.9 Å². The molecule has 0 saturated carbocycles. The molecule has 188 valence electrons. The van der Waals surface area contributed by atoms with Crippen LogP contribution in [-0.2, 0) is 35.1 Å². The Bertz CT molecular complexity index is 855. The SMILES string of the molecule is C[C@](N)(OC(=O)C(F)(F)F)C(=O)ON[C@H](/C=C/C(=O)N[C@H]1CCCOC1)CCc1ccccc1. The molecule has 0 unspecified atom stereocenters. The Labute approximate surface area is 194 Å². The van der Waals surface area contributed by atoms with Crippen molar-refractivity contribution in [2.75, 3.05) is 13.2 Å².